The van der Waals surface area contributed by atoms with E-state index in [-0.39, 0.29) is 27.5 Å². The summed E-state index contributed by atoms with van der Waals surface area (Å²) in [6.07, 6.45) is 1.47. The van der Waals surface area contributed by atoms with Crippen molar-refractivity contribution in [1.82, 2.24) is 4.57 Å². The molecule has 0 bridgehead atoms. The zero-order valence-electron chi connectivity index (χ0n) is 16.3. The fourth-order valence-corrected chi connectivity index (χ4v) is 3.55. The molecule has 0 saturated heterocycles. The lowest BCUT2D eigenvalue weighted by atomic mass is 10.1. The number of nitrogens with zero attached hydrogens (tertiary/aromatic N) is 2. The Bertz CT molecular complexity index is 1160. The Labute approximate surface area is 183 Å². The van der Waals surface area contributed by atoms with Crippen molar-refractivity contribution in [3.05, 3.63) is 63.4 Å². The highest BCUT2D eigenvalue weighted by Gasteiger charge is 2.25. The number of rotatable bonds is 6. The van der Waals surface area contributed by atoms with Gasteiger partial charge in [0.15, 0.2) is 11.5 Å². The first-order valence-corrected chi connectivity index (χ1v) is 9.32. The van der Waals surface area contributed by atoms with Gasteiger partial charge in [-0.25, -0.2) is 0 Å². The Morgan fingerprint density at radius 3 is 2.20 bits per heavy atom. The summed E-state index contributed by atoms with van der Waals surface area (Å²) >= 11 is 12.2. The molecular formula is C21H17Cl2N3O4. The molecule has 3 rings (SSSR count). The third-order valence-electron chi connectivity index (χ3n) is 4.48. The van der Waals surface area contributed by atoms with E-state index in [0.29, 0.717) is 28.0 Å². The Morgan fingerprint density at radius 2 is 1.70 bits per heavy atom. The first-order valence-electron chi connectivity index (χ1n) is 8.57. The zero-order chi connectivity index (χ0) is 22.0. The van der Waals surface area contributed by atoms with Crippen molar-refractivity contribution in [2.75, 3.05) is 27.1 Å². The molecule has 0 aliphatic carbocycles. The van der Waals surface area contributed by atoms with E-state index in [1.807, 2.05) is 6.07 Å². The van der Waals surface area contributed by atoms with Gasteiger partial charge in [0, 0.05) is 28.9 Å². The lowest BCUT2D eigenvalue weighted by Gasteiger charge is -2.16. The van der Waals surface area contributed by atoms with Crippen molar-refractivity contribution in [2.45, 2.75) is 0 Å². The zero-order valence-corrected chi connectivity index (χ0v) is 17.8. The minimum absolute atomic E-state index is 0.0299. The van der Waals surface area contributed by atoms with E-state index in [4.69, 9.17) is 43.1 Å². The third-order valence-corrected chi connectivity index (χ3v) is 5.03. The standard InChI is InChI=1S/C21H17Cl2N3O4/c1-28-16-7-13(8-17(29-2)21(16)30-3)26-10-11(9-24)18(25)19(26)20(27)14-5-4-12(22)6-15(14)23/h4-8,10H,25H2,1-3H3. The molecule has 0 spiro atoms. The minimum atomic E-state index is -0.468. The van der Waals surface area contributed by atoms with E-state index < -0.39 is 5.78 Å². The molecule has 7 nitrogen and oxygen atoms in total. The quantitative estimate of drug-likeness (QED) is 0.560. The van der Waals surface area contributed by atoms with Crippen molar-refractivity contribution in [2.24, 2.45) is 0 Å². The lowest BCUT2D eigenvalue weighted by Crippen LogP contribution is -2.12. The highest BCUT2D eigenvalue weighted by molar-refractivity contribution is 6.37. The number of hydrogen-bond acceptors (Lipinski definition) is 6. The van der Waals surface area contributed by atoms with Crippen LogP contribution in [0.4, 0.5) is 5.69 Å². The van der Waals surface area contributed by atoms with Crippen LogP contribution in [0.2, 0.25) is 10.0 Å². The van der Waals surface area contributed by atoms with E-state index in [0.717, 1.165) is 0 Å². The Hall–Kier alpha value is -3.34. The molecule has 0 aliphatic rings. The van der Waals surface area contributed by atoms with E-state index in [9.17, 15) is 10.1 Å². The summed E-state index contributed by atoms with van der Waals surface area (Å²) in [5.74, 6) is 0.670. The van der Waals surface area contributed by atoms with E-state index in [2.05, 4.69) is 0 Å². The molecule has 0 aliphatic heterocycles. The number of nitrogen functional groups attached to an aromatic ring is 1. The Morgan fingerprint density at radius 1 is 1.07 bits per heavy atom. The highest BCUT2D eigenvalue weighted by atomic mass is 35.5. The van der Waals surface area contributed by atoms with Crippen LogP contribution in [0.5, 0.6) is 17.2 Å². The number of ether oxygens (including phenoxy) is 3. The van der Waals surface area contributed by atoms with Gasteiger partial charge in [-0.2, -0.15) is 5.26 Å². The molecule has 0 amide bonds. The van der Waals surface area contributed by atoms with Crippen molar-refractivity contribution in [3.63, 3.8) is 0 Å². The molecule has 0 unspecified atom stereocenters. The SMILES string of the molecule is COc1cc(-n2cc(C#N)c(N)c2C(=O)c2ccc(Cl)cc2Cl)cc(OC)c1OC. The number of aromatic nitrogens is 1. The third kappa shape index (κ3) is 3.63. The molecule has 1 aromatic heterocycles. The van der Waals surface area contributed by atoms with Crippen molar-refractivity contribution in [1.29, 1.82) is 5.26 Å². The molecular weight excluding hydrogens is 429 g/mol. The van der Waals surface area contributed by atoms with Gasteiger partial charge >= 0.3 is 0 Å². The van der Waals surface area contributed by atoms with Gasteiger partial charge in [-0.05, 0) is 18.2 Å². The van der Waals surface area contributed by atoms with Crippen LogP contribution in [0.25, 0.3) is 5.69 Å². The van der Waals surface area contributed by atoms with Crippen molar-refractivity contribution >= 4 is 34.7 Å². The number of hydrogen-bond donors (Lipinski definition) is 1. The average Bonchev–Trinajstić information content (AvgIpc) is 3.08. The van der Waals surface area contributed by atoms with Crippen LogP contribution in [-0.2, 0) is 0 Å². The molecule has 0 saturated carbocycles. The largest absolute Gasteiger partial charge is 0.493 e. The number of nitriles is 1. The van der Waals surface area contributed by atoms with Gasteiger partial charge in [0.25, 0.3) is 0 Å². The Balaban J connectivity index is 2.28. The summed E-state index contributed by atoms with van der Waals surface area (Å²) in [5.41, 5.74) is 7.06. The van der Waals surface area contributed by atoms with Gasteiger partial charge in [-0.1, -0.05) is 23.2 Å². The van der Waals surface area contributed by atoms with Gasteiger partial charge in [0.1, 0.15) is 11.8 Å². The maximum Gasteiger partial charge on any atom is 0.213 e. The first kappa shape index (κ1) is 21.4. The molecule has 0 radical (unpaired) electrons. The van der Waals surface area contributed by atoms with E-state index in [1.165, 1.54) is 44.2 Å². The number of benzene rings is 2. The maximum atomic E-state index is 13.3. The van der Waals surface area contributed by atoms with Gasteiger partial charge in [-0.15, -0.1) is 0 Å². The molecule has 2 aromatic carbocycles. The molecule has 9 heteroatoms. The highest BCUT2D eigenvalue weighted by Crippen LogP contribution is 2.40. The monoisotopic (exact) mass is 445 g/mol. The second-order valence-corrected chi connectivity index (χ2v) is 6.97. The number of carbonyl (C=O) groups is 1. The number of halogens is 2. The summed E-state index contributed by atoms with van der Waals surface area (Å²) in [4.78, 5) is 13.3. The number of anilines is 1. The summed E-state index contributed by atoms with van der Waals surface area (Å²) in [5, 5.41) is 10.0. The molecule has 154 valence electrons. The molecule has 1 heterocycles. The fraction of sp³-hybridized carbons (Fsp3) is 0.143. The van der Waals surface area contributed by atoms with E-state index in [1.54, 1.807) is 18.2 Å². The van der Waals surface area contributed by atoms with Gasteiger partial charge in [-0.3, -0.25) is 4.79 Å². The minimum Gasteiger partial charge on any atom is -0.493 e. The summed E-state index contributed by atoms with van der Waals surface area (Å²) < 4.78 is 17.6. The second kappa shape index (κ2) is 8.57. The van der Waals surface area contributed by atoms with Crippen molar-refractivity contribution < 1.29 is 19.0 Å². The van der Waals surface area contributed by atoms with Crippen LogP contribution in [0.3, 0.4) is 0 Å². The molecule has 0 atom stereocenters. The smallest absolute Gasteiger partial charge is 0.213 e. The molecule has 30 heavy (non-hydrogen) atoms. The van der Waals surface area contributed by atoms with E-state index >= 15 is 0 Å². The number of nitrogens with two attached hydrogens (primary N) is 1. The van der Waals surface area contributed by atoms with Crippen LogP contribution in [0, 0.1) is 11.3 Å². The van der Waals surface area contributed by atoms with Gasteiger partial charge in [0.2, 0.25) is 11.5 Å². The fourth-order valence-electron chi connectivity index (χ4n) is 3.05. The maximum absolute atomic E-state index is 13.3. The molecule has 2 N–H and O–H groups in total. The normalized spacial score (nSPS) is 10.4. The summed E-state index contributed by atoms with van der Waals surface area (Å²) in [6.45, 7) is 0. The van der Waals surface area contributed by atoms with Gasteiger partial charge in [0.05, 0.1) is 43.3 Å². The number of carbonyl (C=O) groups excluding carboxylic acids is 1. The summed E-state index contributed by atoms with van der Waals surface area (Å²) in [6, 6.07) is 9.80. The average molecular weight is 446 g/mol. The lowest BCUT2D eigenvalue weighted by molar-refractivity contribution is 0.103. The molecule has 0 fully saturated rings. The predicted octanol–water partition coefficient (Wildman–Crippen LogP) is 4.49. The number of ketones is 1. The van der Waals surface area contributed by atoms with Crippen molar-refractivity contribution in [3.8, 4) is 29.0 Å². The van der Waals surface area contributed by atoms with Crippen LogP contribution >= 0.6 is 23.2 Å². The Kier molecular flexibility index (Phi) is 6.11. The van der Waals surface area contributed by atoms with Crippen LogP contribution in [0.1, 0.15) is 21.6 Å². The van der Waals surface area contributed by atoms with Crippen LogP contribution in [0.15, 0.2) is 36.5 Å². The summed E-state index contributed by atoms with van der Waals surface area (Å²) in [7, 11) is 4.44. The molecule has 3 aromatic rings. The number of methoxy groups -OCH3 is 3. The van der Waals surface area contributed by atoms with Crippen LogP contribution < -0.4 is 19.9 Å². The van der Waals surface area contributed by atoms with Crippen LogP contribution in [-0.4, -0.2) is 31.7 Å². The topological polar surface area (TPSA) is 99.5 Å². The van der Waals surface area contributed by atoms with Gasteiger partial charge < -0.3 is 24.5 Å². The second-order valence-electron chi connectivity index (χ2n) is 6.12. The first-order chi connectivity index (χ1) is 14.4. The predicted molar refractivity (Wildman–Crippen MR) is 114 cm³/mol.